The number of ketones is 1. The van der Waals surface area contributed by atoms with Crippen LogP contribution >= 0.6 is 0 Å². The maximum atomic E-state index is 13.3. The van der Waals surface area contributed by atoms with Crippen LogP contribution in [0.2, 0.25) is 0 Å². The summed E-state index contributed by atoms with van der Waals surface area (Å²) in [6.45, 7) is 6.49. The minimum atomic E-state index is -0.603. The van der Waals surface area contributed by atoms with Crippen LogP contribution in [0.1, 0.15) is 42.1 Å². The second-order valence-corrected chi connectivity index (χ2v) is 8.16. The quantitative estimate of drug-likeness (QED) is 0.599. The Balaban J connectivity index is 1.79. The Kier molecular flexibility index (Phi) is 8.25. The van der Waals surface area contributed by atoms with Crippen LogP contribution in [-0.4, -0.2) is 63.2 Å². The molecule has 1 unspecified atom stereocenters. The van der Waals surface area contributed by atoms with Crippen LogP contribution < -0.4 is 14.8 Å². The minimum absolute atomic E-state index is 0.0600. The molecule has 1 N–H and O–H groups in total. The Morgan fingerprint density at radius 1 is 1.00 bits per heavy atom. The third-order valence-corrected chi connectivity index (χ3v) is 5.69. The van der Waals surface area contributed by atoms with E-state index in [2.05, 4.69) is 19.2 Å². The molecule has 7 heteroatoms. The molecule has 1 aliphatic rings. The van der Waals surface area contributed by atoms with E-state index in [9.17, 15) is 9.59 Å². The van der Waals surface area contributed by atoms with Gasteiger partial charge in [-0.3, -0.25) is 14.5 Å². The summed E-state index contributed by atoms with van der Waals surface area (Å²) in [5.41, 5.74) is 2.35. The molecule has 3 rings (SSSR count). The molecule has 1 atom stereocenters. The molecule has 172 valence electrons. The lowest BCUT2D eigenvalue weighted by Crippen LogP contribution is -2.50. The first-order chi connectivity index (χ1) is 15.4. The van der Waals surface area contributed by atoms with Gasteiger partial charge in [-0.2, -0.15) is 0 Å². The molecule has 2 aromatic carbocycles. The topological polar surface area (TPSA) is 77.1 Å². The maximum absolute atomic E-state index is 13.3. The first-order valence-electron chi connectivity index (χ1n) is 10.9. The van der Waals surface area contributed by atoms with Crippen molar-refractivity contribution in [1.29, 1.82) is 0 Å². The number of benzene rings is 2. The molecule has 1 amide bonds. The Bertz CT molecular complexity index is 898. The van der Waals surface area contributed by atoms with Crippen LogP contribution in [0.15, 0.2) is 42.5 Å². The summed E-state index contributed by atoms with van der Waals surface area (Å²) in [5, 5.41) is 2.94. The molecule has 2 aromatic rings. The van der Waals surface area contributed by atoms with Crippen LogP contribution in [0, 0.1) is 0 Å². The molecule has 0 radical (unpaired) electrons. The molecule has 0 aliphatic carbocycles. The van der Waals surface area contributed by atoms with Gasteiger partial charge in [0.05, 0.1) is 33.5 Å². The average Bonchev–Trinajstić information content (AvgIpc) is 2.82. The monoisotopic (exact) mass is 440 g/mol. The Labute approximate surface area is 189 Å². The molecule has 0 aromatic heterocycles. The van der Waals surface area contributed by atoms with E-state index in [1.165, 1.54) is 5.56 Å². The number of amides is 1. The van der Waals surface area contributed by atoms with Crippen molar-refractivity contribution in [2.24, 2.45) is 0 Å². The smallest absolute Gasteiger partial charge is 0.242 e. The molecule has 1 aliphatic heterocycles. The molecule has 32 heavy (non-hydrogen) atoms. The molecule has 0 saturated carbocycles. The van der Waals surface area contributed by atoms with Crippen molar-refractivity contribution in [3.05, 3.63) is 53.6 Å². The normalized spacial score (nSPS) is 15.3. The van der Waals surface area contributed by atoms with Crippen molar-refractivity contribution >= 4 is 17.4 Å². The number of Topliss-reactive ketones (excluding diaryl/α,β-unsaturated/α-hetero) is 1. The molecule has 1 fully saturated rings. The van der Waals surface area contributed by atoms with E-state index in [0.29, 0.717) is 55.0 Å². The zero-order valence-corrected chi connectivity index (χ0v) is 19.2. The molecular formula is C25H32N2O5. The SMILES string of the molecule is COc1cc(NC(=O)C(CC(=O)c2ccc(C(C)C)cc2)N2CCOCC2)cc(OC)c1. The number of nitrogens with zero attached hydrogens (tertiary/aromatic N) is 1. The highest BCUT2D eigenvalue weighted by atomic mass is 16.5. The van der Waals surface area contributed by atoms with E-state index < -0.39 is 6.04 Å². The summed E-state index contributed by atoms with van der Waals surface area (Å²) in [6.07, 6.45) is 0.0912. The van der Waals surface area contributed by atoms with Crippen molar-refractivity contribution in [1.82, 2.24) is 4.90 Å². The van der Waals surface area contributed by atoms with Crippen LogP contribution in [0.4, 0.5) is 5.69 Å². The number of carbonyl (C=O) groups excluding carboxylic acids is 2. The highest BCUT2D eigenvalue weighted by Crippen LogP contribution is 2.26. The largest absolute Gasteiger partial charge is 0.497 e. The highest BCUT2D eigenvalue weighted by molar-refractivity contribution is 6.02. The van der Waals surface area contributed by atoms with Crippen molar-refractivity contribution < 1.29 is 23.8 Å². The van der Waals surface area contributed by atoms with Gasteiger partial charge >= 0.3 is 0 Å². The van der Waals surface area contributed by atoms with Gasteiger partial charge in [-0.15, -0.1) is 0 Å². The zero-order chi connectivity index (χ0) is 23.1. The Morgan fingerprint density at radius 2 is 1.59 bits per heavy atom. The lowest BCUT2D eigenvalue weighted by molar-refractivity contribution is -0.123. The second-order valence-electron chi connectivity index (χ2n) is 8.16. The number of morpholine rings is 1. The average molecular weight is 441 g/mol. The van der Waals surface area contributed by atoms with E-state index in [0.717, 1.165) is 0 Å². The van der Waals surface area contributed by atoms with Gasteiger partial charge in [0, 0.05) is 49.0 Å². The van der Waals surface area contributed by atoms with Gasteiger partial charge in [0.1, 0.15) is 11.5 Å². The lowest BCUT2D eigenvalue weighted by atomic mass is 9.97. The molecule has 0 bridgehead atoms. The fraction of sp³-hybridized carbons (Fsp3) is 0.440. The van der Waals surface area contributed by atoms with E-state index in [1.54, 1.807) is 32.4 Å². The highest BCUT2D eigenvalue weighted by Gasteiger charge is 2.30. The van der Waals surface area contributed by atoms with Crippen molar-refractivity contribution in [3.8, 4) is 11.5 Å². The van der Waals surface area contributed by atoms with Gasteiger partial charge in [-0.05, 0) is 11.5 Å². The van der Waals surface area contributed by atoms with Gasteiger partial charge in [-0.25, -0.2) is 0 Å². The molecular weight excluding hydrogens is 408 g/mol. The molecule has 0 spiro atoms. The number of anilines is 1. The number of methoxy groups -OCH3 is 2. The van der Waals surface area contributed by atoms with Crippen molar-refractivity contribution in [2.45, 2.75) is 32.2 Å². The second kappa shape index (κ2) is 11.1. The molecule has 1 saturated heterocycles. The van der Waals surface area contributed by atoms with Crippen molar-refractivity contribution in [3.63, 3.8) is 0 Å². The van der Waals surface area contributed by atoms with E-state index >= 15 is 0 Å². The van der Waals surface area contributed by atoms with Gasteiger partial charge in [0.25, 0.3) is 0 Å². The van der Waals surface area contributed by atoms with Crippen LogP contribution in [0.3, 0.4) is 0 Å². The number of rotatable bonds is 9. The summed E-state index contributed by atoms with van der Waals surface area (Å²) < 4.78 is 16.0. The summed E-state index contributed by atoms with van der Waals surface area (Å²) >= 11 is 0. The van der Waals surface area contributed by atoms with E-state index in [1.807, 2.05) is 29.2 Å². The first kappa shape index (κ1) is 23.8. The van der Waals surface area contributed by atoms with E-state index in [4.69, 9.17) is 14.2 Å². The van der Waals surface area contributed by atoms with Gasteiger partial charge in [-0.1, -0.05) is 38.1 Å². The fourth-order valence-electron chi connectivity index (χ4n) is 3.73. The third kappa shape index (κ3) is 6.08. The van der Waals surface area contributed by atoms with Gasteiger partial charge in [0.2, 0.25) is 5.91 Å². The summed E-state index contributed by atoms with van der Waals surface area (Å²) in [4.78, 5) is 28.4. The summed E-state index contributed by atoms with van der Waals surface area (Å²) in [5.74, 6) is 1.24. The lowest BCUT2D eigenvalue weighted by Gasteiger charge is -2.33. The third-order valence-electron chi connectivity index (χ3n) is 5.69. The van der Waals surface area contributed by atoms with E-state index in [-0.39, 0.29) is 18.1 Å². The maximum Gasteiger partial charge on any atom is 0.242 e. The molecule has 7 nitrogen and oxygen atoms in total. The number of hydrogen-bond acceptors (Lipinski definition) is 6. The summed E-state index contributed by atoms with van der Waals surface area (Å²) in [7, 11) is 3.11. The molecule has 1 heterocycles. The van der Waals surface area contributed by atoms with Crippen LogP contribution in [0.25, 0.3) is 0 Å². The standard InChI is InChI=1S/C25H32N2O5/c1-17(2)18-5-7-19(8-6-18)24(28)16-23(27-9-11-32-12-10-27)25(29)26-20-13-21(30-3)15-22(14-20)31-4/h5-8,13-15,17,23H,9-12,16H2,1-4H3,(H,26,29). The predicted molar refractivity (Wildman–Crippen MR) is 124 cm³/mol. The Morgan fingerprint density at radius 3 is 2.12 bits per heavy atom. The minimum Gasteiger partial charge on any atom is -0.497 e. The Hall–Kier alpha value is -2.90. The predicted octanol–water partition coefficient (Wildman–Crippen LogP) is 3.74. The fourth-order valence-corrected chi connectivity index (χ4v) is 3.73. The number of ether oxygens (including phenoxy) is 3. The number of carbonyl (C=O) groups is 2. The van der Waals surface area contributed by atoms with Crippen LogP contribution in [-0.2, 0) is 9.53 Å². The summed E-state index contributed by atoms with van der Waals surface area (Å²) in [6, 6.07) is 12.2. The first-order valence-corrected chi connectivity index (χ1v) is 10.9. The van der Waals surface area contributed by atoms with Crippen LogP contribution in [0.5, 0.6) is 11.5 Å². The number of hydrogen-bond donors (Lipinski definition) is 1. The zero-order valence-electron chi connectivity index (χ0n) is 19.2. The van der Waals surface area contributed by atoms with Gasteiger partial charge in [0.15, 0.2) is 5.78 Å². The van der Waals surface area contributed by atoms with Crippen molar-refractivity contribution in [2.75, 3.05) is 45.8 Å². The van der Waals surface area contributed by atoms with Gasteiger partial charge < -0.3 is 19.5 Å². The number of nitrogens with one attached hydrogen (secondary N) is 1.